The first-order chi connectivity index (χ1) is 9.81. The van der Waals surface area contributed by atoms with Gasteiger partial charge in [0.15, 0.2) is 0 Å². The Hall–Kier alpha value is -1.87. The van der Waals surface area contributed by atoms with Gasteiger partial charge in [-0.25, -0.2) is 0 Å². The Bertz CT molecular complexity index is 558. The van der Waals surface area contributed by atoms with Gasteiger partial charge in [-0.3, -0.25) is 0 Å². The first-order valence-corrected chi connectivity index (χ1v) is 7.31. The van der Waals surface area contributed by atoms with E-state index in [4.69, 9.17) is 16.6 Å². The van der Waals surface area contributed by atoms with Crippen molar-refractivity contribution in [2.24, 2.45) is 0 Å². The summed E-state index contributed by atoms with van der Waals surface area (Å²) in [5.74, 6) is 0.728. The Morgan fingerprint density at radius 3 is 2.65 bits per heavy atom. The number of hydrogen-bond donors (Lipinski definition) is 1. The van der Waals surface area contributed by atoms with E-state index in [0.717, 1.165) is 36.4 Å². The van der Waals surface area contributed by atoms with E-state index >= 15 is 0 Å². The van der Waals surface area contributed by atoms with Crippen LogP contribution < -0.4 is 5.32 Å². The van der Waals surface area contributed by atoms with Gasteiger partial charge in [-0.1, -0.05) is 55.9 Å². The molecule has 0 saturated heterocycles. The highest BCUT2D eigenvalue weighted by Gasteiger charge is 2.05. The molecule has 0 aliphatic carbocycles. The van der Waals surface area contributed by atoms with Gasteiger partial charge in [0, 0.05) is 12.2 Å². The number of thiocarbonyl (C=S) groups is 1. The van der Waals surface area contributed by atoms with Crippen LogP contribution in [0.1, 0.15) is 31.1 Å². The molecule has 2 nitrogen and oxygen atoms in total. The average molecular weight is 285 g/mol. The maximum absolute atomic E-state index is 5.42. The molecule has 0 atom stereocenters. The fraction of sp³-hybridized carbons (Fsp3) is 0.235. The van der Waals surface area contributed by atoms with E-state index in [-0.39, 0.29) is 0 Å². The molecule has 0 saturated carbocycles. The molecule has 2 aromatic rings. The van der Waals surface area contributed by atoms with Gasteiger partial charge < -0.3 is 9.73 Å². The van der Waals surface area contributed by atoms with Crippen molar-refractivity contribution in [1.82, 2.24) is 5.32 Å². The standard InChI is InChI=1S/C17H19NOS/c1-2-3-11-18-15(14-8-5-4-6-9-14)13-17(20)16-10-7-12-19-16/h4-10,12-13,18H,2-3,11H2,1H3/b15-13-. The van der Waals surface area contributed by atoms with Crippen LogP contribution in [-0.4, -0.2) is 11.4 Å². The predicted octanol–water partition coefficient (Wildman–Crippen LogP) is 4.43. The lowest BCUT2D eigenvalue weighted by Crippen LogP contribution is -2.14. The fourth-order valence-electron chi connectivity index (χ4n) is 1.87. The zero-order valence-electron chi connectivity index (χ0n) is 11.6. The highest BCUT2D eigenvalue weighted by atomic mass is 32.1. The maximum Gasteiger partial charge on any atom is 0.144 e. The van der Waals surface area contributed by atoms with Crippen LogP contribution in [0.5, 0.6) is 0 Å². The van der Waals surface area contributed by atoms with Crippen molar-refractivity contribution in [2.75, 3.05) is 6.54 Å². The second-order valence-electron chi connectivity index (χ2n) is 4.55. The zero-order chi connectivity index (χ0) is 14.2. The summed E-state index contributed by atoms with van der Waals surface area (Å²) >= 11 is 5.42. The predicted molar refractivity (Wildman–Crippen MR) is 87.7 cm³/mol. The average Bonchev–Trinajstić information content (AvgIpc) is 3.01. The SMILES string of the molecule is CCCCN/C(=C\C(=S)c1ccco1)c1ccccc1. The molecule has 1 N–H and O–H groups in total. The summed E-state index contributed by atoms with van der Waals surface area (Å²) in [4.78, 5) is 0.706. The Balaban J connectivity index is 2.19. The second kappa shape index (κ2) is 7.65. The van der Waals surface area contributed by atoms with Crippen molar-refractivity contribution in [2.45, 2.75) is 19.8 Å². The molecule has 0 spiro atoms. The van der Waals surface area contributed by atoms with Crippen molar-refractivity contribution in [3.63, 3.8) is 0 Å². The van der Waals surface area contributed by atoms with E-state index in [2.05, 4.69) is 24.4 Å². The molecule has 2 rings (SSSR count). The third-order valence-electron chi connectivity index (χ3n) is 2.97. The van der Waals surface area contributed by atoms with Crippen LogP contribution in [0.4, 0.5) is 0 Å². The van der Waals surface area contributed by atoms with Gasteiger partial charge in [-0.2, -0.15) is 0 Å². The van der Waals surface area contributed by atoms with Gasteiger partial charge in [0.2, 0.25) is 0 Å². The molecule has 0 unspecified atom stereocenters. The third-order valence-corrected chi connectivity index (χ3v) is 3.29. The minimum atomic E-state index is 0.706. The van der Waals surface area contributed by atoms with Gasteiger partial charge in [0.05, 0.1) is 11.1 Å². The Kier molecular flexibility index (Phi) is 5.56. The number of furan rings is 1. The zero-order valence-corrected chi connectivity index (χ0v) is 12.5. The fourth-order valence-corrected chi connectivity index (χ4v) is 2.11. The molecule has 1 aromatic heterocycles. The molecule has 0 fully saturated rings. The number of unbranched alkanes of at least 4 members (excludes halogenated alkanes) is 1. The molecule has 0 radical (unpaired) electrons. The molecule has 0 aliphatic heterocycles. The normalized spacial score (nSPS) is 11.3. The summed E-state index contributed by atoms with van der Waals surface area (Å²) in [6, 6.07) is 14.0. The third kappa shape index (κ3) is 4.07. The Morgan fingerprint density at radius 2 is 2.00 bits per heavy atom. The molecular weight excluding hydrogens is 266 g/mol. The molecule has 104 valence electrons. The van der Waals surface area contributed by atoms with E-state index < -0.39 is 0 Å². The van der Waals surface area contributed by atoms with E-state index in [1.54, 1.807) is 6.26 Å². The number of hydrogen-bond acceptors (Lipinski definition) is 3. The Labute approximate surface area is 125 Å². The van der Waals surface area contributed by atoms with Gasteiger partial charge in [-0.05, 0) is 30.2 Å². The highest BCUT2D eigenvalue weighted by Crippen LogP contribution is 2.14. The van der Waals surface area contributed by atoms with Gasteiger partial charge in [0.25, 0.3) is 0 Å². The summed E-state index contributed by atoms with van der Waals surface area (Å²) in [6.45, 7) is 3.12. The first kappa shape index (κ1) is 14.5. The molecule has 0 aliphatic rings. The van der Waals surface area contributed by atoms with E-state index in [1.807, 2.05) is 36.4 Å². The summed E-state index contributed by atoms with van der Waals surface area (Å²) < 4.78 is 5.34. The molecule has 3 heteroatoms. The lowest BCUT2D eigenvalue weighted by Gasteiger charge is -2.11. The minimum absolute atomic E-state index is 0.706. The minimum Gasteiger partial charge on any atom is -0.463 e. The summed E-state index contributed by atoms with van der Waals surface area (Å²) in [7, 11) is 0. The number of rotatable bonds is 7. The van der Waals surface area contributed by atoms with E-state index in [1.165, 1.54) is 0 Å². The largest absolute Gasteiger partial charge is 0.463 e. The molecule has 0 amide bonds. The van der Waals surface area contributed by atoms with Crippen molar-refractivity contribution >= 4 is 22.8 Å². The van der Waals surface area contributed by atoms with Crippen LogP contribution in [0.2, 0.25) is 0 Å². The van der Waals surface area contributed by atoms with Gasteiger partial charge in [0.1, 0.15) is 5.76 Å². The van der Waals surface area contributed by atoms with Gasteiger partial charge >= 0.3 is 0 Å². The van der Waals surface area contributed by atoms with Crippen LogP contribution in [0.25, 0.3) is 5.70 Å². The monoisotopic (exact) mass is 285 g/mol. The van der Waals surface area contributed by atoms with Crippen molar-refractivity contribution in [1.29, 1.82) is 0 Å². The van der Waals surface area contributed by atoms with Crippen molar-refractivity contribution in [3.8, 4) is 0 Å². The Morgan fingerprint density at radius 1 is 1.20 bits per heavy atom. The van der Waals surface area contributed by atoms with Crippen LogP contribution in [0.15, 0.2) is 59.2 Å². The van der Waals surface area contributed by atoms with E-state index in [0.29, 0.717) is 4.86 Å². The lowest BCUT2D eigenvalue weighted by molar-refractivity contribution is 0.560. The van der Waals surface area contributed by atoms with E-state index in [9.17, 15) is 0 Å². The number of allylic oxidation sites excluding steroid dienone is 1. The molecular formula is C17H19NOS. The van der Waals surface area contributed by atoms with Gasteiger partial charge in [-0.15, -0.1) is 0 Å². The second-order valence-corrected chi connectivity index (χ2v) is 4.99. The molecule has 0 bridgehead atoms. The number of benzene rings is 1. The maximum atomic E-state index is 5.42. The first-order valence-electron chi connectivity index (χ1n) is 6.90. The highest BCUT2D eigenvalue weighted by molar-refractivity contribution is 7.81. The number of nitrogens with one attached hydrogen (secondary N) is 1. The van der Waals surface area contributed by atoms with Crippen LogP contribution >= 0.6 is 12.2 Å². The molecule has 1 aromatic carbocycles. The molecule has 20 heavy (non-hydrogen) atoms. The van der Waals surface area contributed by atoms with Crippen LogP contribution in [0, 0.1) is 0 Å². The summed E-state index contributed by atoms with van der Waals surface area (Å²) in [5.41, 5.74) is 2.18. The molecule has 1 heterocycles. The van der Waals surface area contributed by atoms with Crippen molar-refractivity contribution in [3.05, 3.63) is 66.1 Å². The van der Waals surface area contributed by atoms with Crippen LogP contribution in [-0.2, 0) is 0 Å². The summed E-state index contributed by atoms with van der Waals surface area (Å²) in [5, 5.41) is 3.46. The topological polar surface area (TPSA) is 25.2 Å². The lowest BCUT2D eigenvalue weighted by atomic mass is 10.1. The van der Waals surface area contributed by atoms with Crippen LogP contribution in [0.3, 0.4) is 0 Å². The van der Waals surface area contributed by atoms with Crippen molar-refractivity contribution < 1.29 is 4.42 Å². The quantitative estimate of drug-likeness (QED) is 0.353. The summed E-state index contributed by atoms with van der Waals surface area (Å²) in [6.07, 6.45) is 5.91. The smallest absolute Gasteiger partial charge is 0.144 e.